The summed E-state index contributed by atoms with van der Waals surface area (Å²) in [7, 11) is 0. The number of rotatable bonds is 4. The standard InChI is InChI=1S/C18H17N3O/c1-2-15(13-6-4-3-5-7-13)21-18(22)17-9-8-14-12-19-11-10-16(14)20-17/h3-12,15H,2H2,1H3,(H,21,22). The van der Waals surface area contributed by atoms with E-state index in [1.807, 2.05) is 36.4 Å². The van der Waals surface area contributed by atoms with Crippen molar-refractivity contribution in [3.8, 4) is 0 Å². The van der Waals surface area contributed by atoms with Crippen LogP contribution in [0.1, 0.15) is 35.4 Å². The molecule has 0 aliphatic heterocycles. The molecule has 0 radical (unpaired) electrons. The molecule has 2 aromatic heterocycles. The first-order valence-corrected chi connectivity index (χ1v) is 7.34. The lowest BCUT2D eigenvalue weighted by atomic mass is 10.0. The molecule has 0 aliphatic carbocycles. The summed E-state index contributed by atoms with van der Waals surface area (Å²) in [5, 5.41) is 3.97. The molecule has 110 valence electrons. The highest BCUT2D eigenvalue weighted by atomic mass is 16.1. The van der Waals surface area contributed by atoms with Crippen LogP contribution in [-0.2, 0) is 0 Å². The van der Waals surface area contributed by atoms with Crippen LogP contribution in [0.3, 0.4) is 0 Å². The molecule has 1 unspecified atom stereocenters. The van der Waals surface area contributed by atoms with Crippen LogP contribution in [-0.4, -0.2) is 15.9 Å². The lowest BCUT2D eigenvalue weighted by molar-refractivity contribution is 0.0931. The van der Waals surface area contributed by atoms with Gasteiger partial charge in [0.05, 0.1) is 11.6 Å². The first-order valence-electron chi connectivity index (χ1n) is 7.34. The minimum absolute atomic E-state index is 0.0105. The molecule has 0 saturated heterocycles. The van der Waals surface area contributed by atoms with Crippen molar-refractivity contribution >= 4 is 16.8 Å². The number of carbonyl (C=O) groups excluding carboxylic acids is 1. The molecule has 4 heteroatoms. The second-order valence-corrected chi connectivity index (χ2v) is 5.11. The van der Waals surface area contributed by atoms with Crippen LogP contribution in [0.4, 0.5) is 0 Å². The molecular weight excluding hydrogens is 274 g/mol. The summed E-state index contributed by atoms with van der Waals surface area (Å²) in [4.78, 5) is 20.9. The fraction of sp³-hybridized carbons (Fsp3) is 0.167. The molecule has 22 heavy (non-hydrogen) atoms. The first-order chi connectivity index (χ1) is 10.8. The number of fused-ring (bicyclic) bond motifs is 1. The van der Waals surface area contributed by atoms with Crippen LogP contribution in [0, 0.1) is 0 Å². The molecule has 1 amide bonds. The van der Waals surface area contributed by atoms with E-state index in [0.717, 1.165) is 22.9 Å². The Kier molecular flexibility index (Phi) is 4.10. The zero-order valence-corrected chi connectivity index (χ0v) is 12.4. The summed E-state index contributed by atoms with van der Waals surface area (Å²) in [6, 6.07) is 15.4. The van der Waals surface area contributed by atoms with E-state index >= 15 is 0 Å². The van der Waals surface area contributed by atoms with Gasteiger partial charge in [-0.2, -0.15) is 0 Å². The van der Waals surface area contributed by atoms with Gasteiger partial charge >= 0.3 is 0 Å². The molecule has 1 aromatic carbocycles. The summed E-state index contributed by atoms with van der Waals surface area (Å²) in [6.07, 6.45) is 4.24. The van der Waals surface area contributed by atoms with Crippen molar-refractivity contribution in [3.05, 3.63) is 72.2 Å². The number of pyridine rings is 2. The normalized spacial score (nSPS) is 12.0. The van der Waals surface area contributed by atoms with Crippen LogP contribution >= 0.6 is 0 Å². The Labute approximate surface area is 129 Å². The maximum Gasteiger partial charge on any atom is 0.270 e. The van der Waals surface area contributed by atoms with Gasteiger partial charge in [0.15, 0.2) is 0 Å². The fourth-order valence-electron chi connectivity index (χ4n) is 2.43. The molecule has 0 saturated carbocycles. The van der Waals surface area contributed by atoms with E-state index in [-0.39, 0.29) is 11.9 Å². The lowest BCUT2D eigenvalue weighted by Gasteiger charge is -2.17. The van der Waals surface area contributed by atoms with Crippen LogP contribution in [0.25, 0.3) is 10.9 Å². The minimum Gasteiger partial charge on any atom is -0.344 e. The summed E-state index contributed by atoms with van der Waals surface area (Å²) in [6.45, 7) is 2.05. The summed E-state index contributed by atoms with van der Waals surface area (Å²) in [5.41, 5.74) is 2.30. The van der Waals surface area contributed by atoms with Crippen molar-refractivity contribution in [2.24, 2.45) is 0 Å². The topological polar surface area (TPSA) is 54.9 Å². The van der Waals surface area contributed by atoms with E-state index in [4.69, 9.17) is 0 Å². The summed E-state index contributed by atoms with van der Waals surface area (Å²) in [5.74, 6) is -0.158. The number of amides is 1. The predicted molar refractivity (Wildman–Crippen MR) is 86.5 cm³/mol. The van der Waals surface area contributed by atoms with Gasteiger partial charge in [0, 0.05) is 17.8 Å². The van der Waals surface area contributed by atoms with Gasteiger partial charge in [-0.15, -0.1) is 0 Å². The van der Waals surface area contributed by atoms with Crippen molar-refractivity contribution < 1.29 is 4.79 Å². The van der Waals surface area contributed by atoms with Crippen molar-refractivity contribution in [1.82, 2.24) is 15.3 Å². The highest BCUT2D eigenvalue weighted by Gasteiger charge is 2.15. The van der Waals surface area contributed by atoms with Crippen molar-refractivity contribution in [2.45, 2.75) is 19.4 Å². The first kappa shape index (κ1) is 14.2. The molecule has 1 atom stereocenters. The van der Waals surface area contributed by atoms with Crippen molar-refractivity contribution in [3.63, 3.8) is 0 Å². The number of nitrogens with zero attached hydrogens (tertiary/aromatic N) is 2. The highest BCUT2D eigenvalue weighted by Crippen LogP contribution is 2.17. The number of hydrogen-bond donors (Lipinski definition) is 1. The number of benzene rings is 1. The maximum absolute atomic E-state index is 12.4. The Morgan fingerprint density at radius 2 is 1.95 bits per heavy atom. The van der Waals surface area contributed by atoms with Crippen molar-refractivity contribution in [2.75, 3.05) is 0 Å². The summed E-state index contributed by atoms with van der Waals surface area (Å²) >= 11 is 0. The van der Waals surface area contributed by atoms with Gasteiger partial charge in [-0.3, -0.25) is 9.78 Å². The molecule has 0 fully saturated rings. The third-order valence-electron chi connectivity index (χ3n) is 3.64. The quantitative estimate of drug-likeness (QED) is 0.800. The molecule has 0 spiro atoms. The smallest absolute Gasteiger partial charge is 0.270 e. The fourth-order valence-corrected chi connectivity index (χ4v) is 2.43. The molecular formula is C18H17N3O. The Bertz CT molecular complexity index is 786. The van der Waals surface area contributed by atoms with E-state index in [0.29, 0.717) is 5.69 Å². The zero-order chi connectivity index (χ0) is 15.4. The van der Waals surface area contributed by atoms with E-state index in [2.05, 4.69) is 22.2 Å². The van der Waals surface area contributed by atoms with E-state index in [1.165, 1.54) is 0 Å². The second-order valence-electron chi connectivity index (χ2n) is 5.11. The molecule has 3 aromatic rings. The zero-order valence-electron chi connectivity index (χ0n) is 12.4. The number of hydrogen-bond acceptors (Lipinski definition) is 3. The number of carbonyl (C=O) groups is 1. The number of aromatic nitrogens is 2. The van der Waals surface area contributed by atoms with E-state index < -0.39 is 0 Å². The van der Waals surface area contributed by atoms with Gasteiger partial charge in [0.2, 0.25) is 0 Å². The second kappa shape index (κ2) is 6.35. The summed E-state index contributed by atoms with van der Waals surface area (Å²) < 4.78 is 0. The Morgan fingerprint density at radius 3 is 2.73 bits per heavy atom. The van der Waals surface area contributed by atoms with Gasteiger partial charge < -0.3 is 5.32 Å². The van der Waals surface area contributed by atoms with Crippen LogP contribution in [0.15, 0.2) is 60.9 Å². The molecule has 0 aliphatic rings. The minimum atomic E-state index is -0.158. The highest BCUT2D eigenvalue weighted by molar-refractivity contribution is 5.94. The molecule has 3 rings (SSSR count). The molecule has 4 nitrogen and oxygen atoms in total. The average molecular weight is 291 g/mol. The van der Waals surface area contributed by atoms with Gasteiger partial charge in [-0.25, -0.2) is 4.98 Å². The average Bonchev–Trinajstić information content (AvgIpc) is 2.59. The van der Waals surface area contributed by atoms with Gasteiger partial charge in [0.1, 0.15) is 5.69 Å². The van der Waals surface area contributed by atoms with Crippen LogP contribution < -0.4 is 5.32 Å². The van der Waals surface area contributed by atoms with E-state index in [1.54, 1.807) is 24.5 Å². The van der Waals surface area contributed by atoms with E-state index in [9.17, 15) is 4.79 Å². The van der Waals surface area contributed by atoms with Crippen LogP contribution in [0.5, 0.6) is 0 Å². The molecule has 1 N–H and O–H groups in total. The Balaban J connectivity index is 1.83. The van der Waals surface area contributed by atoms with Gasteiger partial charge in [-0.1, -0.05) is 37.3 Å². The predicted octanol–water partition coefficient (Wildman–Crippen LogP) is 3.51. The van der Waals surface area contributed by atoms with Crippen molar-refractivity contribution in [1.29, 1.82) is 0 Å². The SMILES string of the molecule is CCC(NC(=O)c1ccc2cnccc2n1)c1ccccc1. The molecule has 2 heterocycles. The maximum atomic E-state index is 12.4. The Hall–Kier alpha value is -2.75. The third kappa shape index (κ3) is 2.96. The molecule has 0 bridgehead atoms. The van der Waals surface area contributed by atoms with Gasteiger partial charge in [-0.05, 0) is 30.2 Å². The third-order valence-corrected chi connectivity index (χ3v) is 3.64. The lowest BCUT2D eigenvalue weighted by Crippen LogP contribution is -2.28. The Morgan fingerprint density at radius 1 is 1.14 bits per heavy atom. The van der Waals surface area contributed by atoms with Gasteiger partial charge in [0.25, 0.3) is 5.91 Å². The number of nitrogens with one attached hydrogen (secondary N) is 1. The largest absolute Gasteiger partial charge is 0.344 e. The van der Waals surface area contributed by atoms with Crippen LogP contribution in [0.2, 0.25) is 0 Å². The monoisotopic (exact) mass is 291 g/mol.